The van der Waals surface area contributed by atoms with Gasteiger partial charge in [-0.05, 0) is 31.9 Å². The van der Waals surface area contributed by atoms with Gasteiger partial charge in [0.25, 0.3) is 0 Å². The van der Waals surface area contributed by atoms with Crippen LogP contribution in [0.15, 0.2) is 35.3 Å². The van der Waals surface area contributed by atoms with Crippen molar-refractivity contribution < 1.29 is 4.74 Å². The standard InChI is InChI=1S/C20H31N5O.HI/c1-15(13-25-17(3)11-16(2)23-25)12-22-20(21-4)24(5)14-18-9-7-8-10-19(18)26-6;/h7-11,15H,12-14H2,1-6H3,(H,21,22);1H. The first-order valence-corrected chi connectivity index (χ1v) is 8.99. The minimum atomic E-state index is 0. The zero-order valence-electron chi connectivity index (χ0n) is 17.2. The van der Waals surface area contributed by atoms with E-state index in [0.717, 1.165) is 42.6 Å². The topological polar surface area (TPSA) is 54.7 Å². The molecule has 0 radical (unpaired) electrons. The molecule has 1 unspecified atom stereocenters. The van der Waals surface area contributed by atoms with Crippen LogP contribution in [-0.4, -0.2) is 48.4 Å². The van der Waals surface area contributed by atoms with Gasteiger partial charge in [0.2, 0.25) is 0 Å². The lowest BCUT2D eigenvalue weighted by Gasteiger charge is -2.24. The Kier molecular flexibility index (Phi) is 9.62. The molecule has 1 atom stereocenters. The molecular weight excluding hydrogens is 453 g/mol. The predicted molar refractivity (Wildman–Crippen MR) is 122 cm³/mol. The first-order valence-electron chi connectivity index (χ1n) is 8.99. The summed E-state index contributed by atoms with van der Waals surface area (Å²) < 4.78 is 7.51. The highest BCUT2D eigenvalue weighted by atomic mass is 127. The number of rotatable bonds is 7. The van der Waals surface area contributed by atoms with Gasteiger partial charge in [-0.3, -0.25) is 9.67 Å². The molecule has 0 aliphatic carbocycles. The van der Waals surface area contributed by atoms with Crippen molar-refractivity contribution in [1.82, 2.24) is 20.0 Å². The number of halogens is 1. The number of aryl methyl sites for hydroxylation is 2. The number of ether oxygens (including phenoxy) is 1. The van der Waals surface area contributed by atoms with Crippen LogP contribution in [0, 0.1) is 19.8 Å². The van der Waals surface area contributed by atoms with Gasteiger partial charge >= 0.3 is 0 Å². The maximum absolute atomic E-state index is 5.44. The zero-order chi connectivity index (χ0) is 19.1. The smallest absolute Gasteiger partial charge is 0.193 e. The second-order valence-electron chi connectivity index (χ2n) is 6.81. The molecule has 2 aromatic rings. The Labute approximate surface area is 180 Å². The molecule has 1 aromatic carbocycles. The van der Waals surface area contributed by atoms with Crippen molar-refractivity contribution in [2.75, 3.05) is 27.7 Å². The molecule has 2 rings (SSSR count). The number of aliphatic imine (C=N–C) groups is 1. The monoisotopic (exact) mass is 485 g/mol. The largest absolute Gasteiger partial charge is 0.496 e. The summed E-state index contributed by atoms with van der Waals surface area (Å²) in [7, 11) is 5.55. The third kappa shape index (κ3) is 6.71. The molecule has 0 saturated carbocycles. The van der Waals surface area contributed by atoms with Crippen molar-refractivity contribution in [3.05, 3.63) is 47.3 Å². The Morgan fingerprint density at radius 3 is 2.63 bits per heavy atom. The Morgan fingerprint density at radius 2 is 2.04 bits per heavy atom. The highest BCUT2D eigenvalue weighted by molar-refractivity contribution is 14.0. The molecule has 0 bridgehead atoms. The van der Waals surface area contributed by atoms with Crippen LogP contribution in [0.5, 0.6) is 5.75 Å². The molecule has 0 fully saturated rings. The SMILES string of the molecule is CN=C(NCC(C)Cn1nc(C)cc1C)N(C)Cc1ccccc1OC.I. The maximum atomic E-state index is 5.44. The van der Waals surface area contributed by atoms with Gasteiger partial charge in [0, 0.05) is 45.0 Å². The van der Waals surface area contributed by atoms with Gasteiger partial charge in [-0.25, -0.2) is 0 Å². The Bertz CT molecular complexity index is 744. The average Bonchev–Trinajstić information content (AvgIpc) is 2.93. The van der Waals surface area contributed by atoms with Gasteiger partial charge in [-0.15, -0.1) is 24.0 Å². The minimum Gasteiger partial charge on any atom is -0.496 e. The third-order valence-electron chi connectivity index (χ3n) is 4.37. The summed E-state index contributed by atoms with van der Waals surface area (Å²) in [6, 6.07) is 10.2. The molecule has 1 N–H and O–H groups in total. The highest BCUT2D eigenvalue weighted by Gasteiger charge is 2.12. The van der Waals surface area contributed by atoms with Gasteiger partial charge in [-0.2, -0.15) is 5.10 Å². The summed E-state index contributed by atoms with van der Waals surface area (Å²) in [5, 5.41) is 8.01. The molecule has 0 spiro atoms. The second-order valence-corrected chi connectivity index (χ2v) is 6.81. The number of benzene rings is 1. The first kappa shape index (κ1) is 23.3. The second kappa shape index (κ2) is 11.2. The van der Waals surface area contributed by atoms with Crippen LogP contribution < -0.4 is 10.1 Å². The third-order valence-corrected chi connectivity index (χ3v) is 4.37. The van der Waals surface area contributed by atoms with Crippen molar-refractivity contribution in [3.8, 4) is 5.75 Å². The van der Waals surface area contributed by atoms with E-state index in [1.807, 2.05) is 39.2 Å². The Balaban J connectivity index is 0.00000364. The lowest BCUT2D eigenvalue weighted by Crippen LogP contribution is -2.41. The molecule has 0 aliphatic rings. The van der Waals surface area contributed by atoms with E-state index in [1.54, 1.807) is 7.11 Å². The number of hydrogen-bond acceptors (Lipinski definition) is 3. The zero-order valence-corrected chi connectivity index (χ0v) is 19.5. The lowest BCUT2D eigenvalue weighted by atomic mass is 10.2. The lowest BCUT2D eigenvalue weighted by molar-refractivity contribution is 0.392. The Morgan fingerprint density at radius 1 is 1.33 bits per heavy atom. The normalized spacial score (nSPS) is 12.3. The number of nitrogens with zero attached hydrogens (tertiary/aromatic N) is 4. The summed E-state index contributed by atoms with van der Waals surface area (Å²) in [5.74, 6) is 2.20. The molecule has 27 heavy (non-hydrogen) atoms. The molecular formula is C20H32IN5O. The van der Waals surface area contributed by atoms with Gasteiger partial charge < -0.3 is 15.0 Å². The van der Waals surface area contributed by atoms with Gasteiger partial charge in [0.15, 0.2) is 5.96 Å². The maximum Gasteiger partial charge on any atom is 0.193 e. The molecule has 6 nitrogen and oxygen atoms in total. The fraction of sp³-hybridized carbons (Fsp3) is 0.500. The van der Waals surface area contributed by atoms with Crippen LogP contribution in [0.2, 0.25) is 0 Å². The van der Waals surface area contributed by atoms with E-state index >= 15 is 0 Å². The quantitative estimate of drug-likeness (QED) is 0.371. The van der Waals surface area contributed by atoms with Crippen LogP contribution in [0.1, 0.15) is 23.9 Å². The minimum absolute atomic E-state index is 0. The number of aromatic nitrogens is 2. The van der Waals surface area contributed by atoms with Crippen molar-refractivity contribution in [3.63, 3.8) is 0 Å². The average molecular weight is 485 g/mol. The molecule has 150 valence electrons. The number of para-hydroxylation sites is 1. The molecule has 0 amide bonds. The Hall–Kier alpha value is -1.77. The fourth-order valence-electron chi connectivity index (χ4n) is 3.03. The molecule has 0 aliphatic heterocycles. The van der Waals surface area contributed by atoms with E-state index in [1.165, 1.54) is 5.69 Å². The fourth-order valence-corrected chi connectivity index (χ4v) is 3.03. The van der Waals surface area contributed by atoms with E-state index in [0.29, 0.717) is 5.92 Å². The summed E-state index contributed by atoms with van der Waals surface area (Å²) in [4.78, 5) is 6.51. The number of methoxy groups -OCH3 is 1. The molecule has 0 saturated heterocycles. The van der Waals surface area contributed by atoms with Crippen LogP contribution in [0.3, 0.4) is 0 Å². The van der Waals surface area contributed by atoms with E-state index in [2.05, 4.69) is 51.0 Å². The van der Waals surface area contributed by atoms with Crippen molar-refractivity contribution in [2.24, 2.45) is 10.9 Å². The highest BCUT2D eigenvalue weighted by Crippen LogP contribution is 2.18. The number of nitrogens with one attached hydrogen (secondary N) is 1. The van der Waals surface area contributed by atoms with Crippen LogP contribution in [0.25, 0.3) is 0 Å². The van der Waals surface area contributed by atoms with Gasteiger partial charge in [-0.1, -0.05) is 25.1 Å². The number of guanidine groups is 1. The van der Waals surface area contributed by atoms with Crippen LogP contribution in [0.4, 0.5) is 0 Å². The van der Waals surface area contributed by atoms with Crippen molar-refractivity contribution in [2.45, 2.75) is 33.9 Å². The van der Waals surface area contributed by atoms with Gasteiger partial charge in [0.1, 0.15) is 5.75 Å². The number of hydrogen-bond donors (Lipinski definition) is 1. The van der Waals surface area contributed by atoms with E-state index in [4.69, 9.17) is 4.74 Å². The van der Waals surface area contributed by atoms with Gasteiger partial charge in [0.05, 0.1) is 12.8 Å². The predicted octanol–water partition coefficient (Wildman–Crippen LogP) is 3.47. The van der Waals surface area contributed by atoms with E-state index in [9.17, 15) is 0 Å². The van der Waals surface area contributed by atoms with Crippen molar-refractivity contribution >= 4 is 29.9 Å². The summed E-state index contributed by atoms with van der Waals surface area (Å²) in [6.45, 7) is 8.80. The molecule has 7 heteroatoms. The van der Waals surface area contributed by atoms with E-state index < -0.39 is 0 Å². The molecule has 1 heterocycles. The molecule has 1 aromatic heterocycles. The summed E-state index contributed by atoms with van der Waals surface area (Å²) >= 11 is 0. The van der Waals surface area contributed by atoms with Crippen LogP contribution in [-0.2, 0) is 13.1 Å². The first-order chi connectivity index (χ1) is 12.4. The summed E-state index contributed by atoms with van der Waals surface area (Å²) in [5.41, 5.74) is 3.40. The summed E-state index contributed by atoms with van der Waals surface area (Å²) in [6.07, 6.45) is 0. The van der Waals surface area contributed by atoms with Crippen molar-refractivity contribution in [1.29, 1.82) is 0 Å². The van der Waals surface area contributed by atoms with E-state index in [-0.39, 0.29) is 24.0 Å². The van der Waals surface area contributed by atoms with Crippen LogP contribution >= 0.6 is 24.0 Å².